The van der Waals surface area contributed by atoms with E-state index in [1.807, 2.05) is 6.07 Å². The predicted octanol–water partition coefficient (Wildman–Crippen LogP) is 7.76. The van der Waals surface area contributed by atoms with Gasteiger partial charge in [-0.15, -0.1) is 0 Å². The third-order valence-corrected chi connectivity index (χ3v) is 9.42. The number of esters is 2. The van der Waals surface area contributed by atoms with Gasteiger partial charge >= 0.3 is 11.9 Å². The van der Waals surface area contributed by atoms with Crippen molar-refractivity contribution in [1.82, 2.24) is 4.90 Å². The van der Waals surface area contributed by atoms with Gasteiger partial charge in [0.05, 0.1) is 21.4 Å². The molecule has 0 aliphatic carbocycles. The lowest BCUT2D eigenvalue weighted by molar-refractivity contribution is -0.384. The molecule has 2 amide bonds. The number of carbonyl (C=O) groups is 4. The van der Waals surface area contributed by atoms with Gasteiger partial charge in [-0.25, -0.2) is 0 Å². The minimum Gasteiger partial charge on any atom is -0.460 e. The van der Waals surface area contributed by atoms with E-state index in [0.29, 0.717) is 22.6 Å². The van der Waals surface area contributed by atoms with Gasteiger partial charge in [0.2, 0.25) is 0 Å². The summed E-state index contributed by atoms with van der Waals surface area (Å²) < 4.78 is 17.0. The van der Waals surface area contributed by atoms with Crippen LogP contribution in [0.1, 0.15) is 67.5 Å². The van der Waals surface area contributed by atoms with Crippen molar-refractivity contribution in [3.8, 4) is 0 Å². The Bertz CT molecular complexity index is 1960. The fraction of sp³-hybridized carbons (Fsp3) is 0.316. The lowest BCUT2D eigenvalue weighted by Gasteiger charge is -2.37. The van der Waals surface area contributed by atoms with Gasteiger partial charge in [-0.05, 0) is 69.2 Å². The Morgan fingerprint density at radius 3 is 2.35 bits per heavy atom. The normalized spacial score (nSPS) is 16.8. The lowest BCUT2D eigenvalue weighted by Crippen LogP contribution is -2.49. The molecule has 4 unspecified atom stereocenters. The van der Waals surface area contributed by atoms with Crippen LogP contribution in [0.3, 0.4) is 0 Å². The van der Waals surface area contributed by atoms with Gasteiger partial charge < -0.3 is 24.1 Å². The number of para-hydroxylation sites is 1. The minimum atomic E-state index is -1.50. The molecule has 12 nitrogen and oxygen atoms in total. The first kappa shape index (κ1) is 38.0. The molecular weight excluding hydrogens is 713 g/mol. The van der Waals surface area contributed by atoms with Crippen molar-refractivity contribution in [3.05, 3.63) is 128 Å². The van der Waals surface area contributed by atoms with Crippen molar-refractivity contribution < 1.29 is 38.0 Å². The molecule has 14 heteroatoms. The number of ether oxygens (including phenoxy) is 2. The molecule has 1 aliphatic rings. The third-order valence-electron chi connectivity index (χ3n) is 8.56. The van der Waals surface area contributed by atoms with Gasteiger partial charge in [0, 0.05) is 42.7 Å². The molecule has 52 heavy (non-hydrogen) atoms. The molecule has 2 heterocycles. The van der Waals surface area contributed by atoms with E-state index in [2.05, 4.69) is 5.32 Å². The highest BCUT2D eigenvalue weighted by atomic mass is 35.5. The Balaban J connectivity index is 1.53. The maximum atomic E-state index is 14.6. The predicted molar refractivity (Wildman–Crippen MR) is 193 cm³/mol. The number of non-ortho nitro benzene ring substituents is 1. The molecule has 1 saturated heterocycles. The molecule has 0 bridgehead atoms. The topological polar surface area (TPSA) is 158 Å². The summed E-state index contributed by atoms with van der Waals surface area (Å²) in [4.78, 5) is 65.9. The van der Waals surface area contributed by atoms with Crippen LogP contribution < -0.4 is 5.32 Å². The number of cyclic esters (lactones) is 1. The average molecular weight is 751 g/mol. The summed E-state index contributed by atoms with van der Waals surface area (Å²) in [5.41, 5.74) is 0.636. The molecule has 0 radical (unpaired) electrons. The molecule has 1 aromatic heterocycles. The standard InChI is InChI=1S/C38H37Cl2N3O9/c1-22(42(21-24-9-8-12-30(39)33(24)40)36(46)34-29(20-32(44)51-34)37(47)52-38(2,3)4)28(23-13-15-26(16-14-23)43(48)49)19-27-17-18-31(50-27)35(45)41-25-10-6-5-7-11-25/h5-18,22,28-29,34H,19-21H2,1-4H3,(H,41,45). The Kier molecular flexibility index (Phi) is 11.7. The van der Waals surface area contributed by atoms with E-state index in [1.165, 1.54) is 23.1 Å². The summed E-state index contributed by atoms with van der Waals surface area (Å²) in [6.45, 7) is 6.67. The number of amides is 2. The Morgan fingerprint density at radius 2 is 1.69 bits per heavy atom. The van der Waals surface area contributed by atoms with Crippen LogP contribution in [0.2, 0.25) is 10.0 Å². The fourth-order valence-corrected chi connectivity index (χ4v) is 6.35. The minimum absolute atomic E-state index is 0.0469. The highest BCUT2D eigenvalue weighted by molar-refractivity contribution is 6.42. The maximum absolute atomic E-state index is 14.6. The summed E-state index contributed by atoms with van der Waals surface area (Å²) in [5, 5.41) is 14.7. The van der Waals surface area contributed by atoms with Crippen molar-refractivity contribution in [3.63, 3.8) is 0 Å². The zero-order valence-electron chi connectivity index (χ0n) is 28.8. The summed E-state index contributed by atoms with van der Waals surface area (Å²) >= 11 is 12.9. The second-order valence-corrected chi connectivity index (χ2v) is 14.2. The number of benzene rings is 3. The van der Waals surface area contributed by atoms with Crippen molar-refractivity contribution in [2.24, 2.45) is 5.92 Å². The Labute approximate surface area is 310 Å². The lowest BCUT2D eigenvalue weighted by atomic mass is 9.86. The van der Waals surface area contributed by atoms with Crippen molar-refractivity contribution >= 4 is 58.3 Å². The number of carbonyl (C=O) groups excluding carboxylic acids is 4. The molecule has 0 saturated carbocycles. The van der Waals surface area contributed by atoms with Gasteiger partial charge in [-0.2, -0.15) is 0 Å². The molecule has 4 atom stereocenters. The van der Waals surface area contributed by atoms with E-state index in [0.717, 1.165) is 0 Å². The molecule has 5 rings (SSSR count). The first-order valence-corrected chi connectivity index (χ1v) is 17.2. The zero-order chi connectivity index (χ0) is 37.7. The van der Waals surface area contributed by atoms with E-state index in [-0.39, 0.29) is 40.9 Å². The van der Waals surface area contributed by atoms with Crippen LogP contribution in [0, 0.1) is 16.0 Å². The molecule has 0 spiro atoms. The number of furan rings is 1. The first-order valence-electron chi connectivity index (χ1n) is 16.5. The third kappa shape index (κ3) is 9.17. The van der Waals surface area contributed by atoms with Gasteiger partial charge in [-0.1, -0.05) is 65.7 Å². The van der Waals surface area contributed by atoms with E-state index < -0.39 is 58.3 Å². The molecule has 1 aliphatic heterocycles. The van der Waals surface area contributed by atoms with E-state index in [4.69, 9.17) is 37.1 Å². The molecule has 272 valence electrons. The highest BCUT2D eigenvalue weighted by Gasteiger charge is 2.49. The monoisotopic (exact) mass is 749 g/mol. The first-order chi connectivity index (χ1) is 24.6. The second kappa shape index (κ2) is 16.0. The summed E-state index contributed by atoms with van der Waals surface area (Å²) in [6, 6.07) is 22.1. The second-order valence-electron chi connectivity index (χ2n) is 13.4. The quantitative estimate of drug-likeness (QED) is 0.0868. The molecular formula is C38H37Cl2N3O9. The van der Waals surface area contributed by atoms with Crippen molar-refractivity contribution in [2.45, 2.75) is 70.7 Å². The molecule has 4 aromatic rings. The number of hydrogen-bond donors (Lipinski definition) is 1. The SMILES string of the molecule is CC(C(Cc1ccc(C(=O)Nc2ccccc2)o1)c1ccc([N+](=O)[O-])cc1)N(Cc1cccc(Cl)c1Cl)C(=O)C1OC(=O)CC1C(=O)OC(C)(C)C. The average Bonchev–Trinajstić information content (AvgIpc) is 3.74. The molecule has 1 fully saturated rings. The van der Waals surface area contributed by atoms with Crippen LogP contribution >= 0.6 is 23.2 Å². The van der Waals surface area contributed by atoms with Crippen LogP contribution in [0.25, 0.3) is 0 Å². The molecule has 1 N–H and O–H groups in total. The molecule has 3 aromatic carbocycles. The van der Waals surface area contributed by atoms with Crippen LogP contribution in [-0.2, 0) is 36.8 Å². The van der Waals surface area contributed by atoms with Gasteiger partial charge in [-0.3, -0.25) is 29.3 Å². The zero-order valence-corrected chi connectivity index (χ0v) is 30.4. The fourth-order valence-electron chi connectivity index (χ4n) is 5.97. The van der Waals surface area contributed by atoms with Crippen molar-refractivity contribution in [1.29, 1.82) is 0 Å². The van der Waals surface area contributed by atoms with E-state index in [1.54, 1.807) is 88.4 Å². The van der Waals surface area contributed by atoms with Gasteiger partial charge in [0.1, 0.15) is 17.3 Å². The number of nitrogens with one attached hydrogen (secondary N) is 1. The Morgan fingerprint density at radius 1 is 1.00 bits per heavy atom. The maximum Gasteiger partial charge on any atom is 0.314 e. The van der Waals surface area contributed by atoms with Gasteiger partial charge in [0.25, 0.3) is 17.5 Å². The number of nitro groups is 1. The smallest absolute Gasteiger partial charge is 0.314 e. The van der Waals surface area contributed by atoms with Gasteiger partial charge in [0.15, 0.2) is 11.9 Å². The number of nitrogens with zero attached hydrogens (tertiary/aromatic N) is 2. The van der Waals surface area contributed by atoms with Crippen molar-refractivity contribution in [2.75, 3.05) is 5.32 Å². The van der Waals surface area contributed by atoms with Crippen LogP contribution in [0.4, 0.5) is 11.4 Å². The highest BCUT2D eigenvalue weighted by Crippen LogP contribution is 2.36. The number of nitro benzene ring substituents is 1. The number of halogens is 2. The number of hydrogen-bond acceptors (Lipinski definition) is 9. The largest absolute Gasteiger partial charge is 0.460 e. The summed E-state index contributed by atoms with van der Waals surface area (Å²) in [5.74, 6) is -4.03. The van der Waals surface area contributed by atoms with E-state index >= 15 is 0 Å². The number of rotatable bonds is 12. The summed E-state index contributed by atoms with van der Waals surface area (Å²) in [7, 11) is 0. The van der Waals surface area contributed by atoms with E-state index in [9.17, 15) is 29.3 Å². The van der Waals surface area contributed by atoms with Crippen LogP contribution in [0.15, 0.2) is 89.3 Å². The summed E-state index contributed by atoms with van der Waals surface area (Å²) in [6.07, 6.45) is -1.72. The number of anilines is 1. The van der Waals surface area contributed by atoms with Crippen LogP contribution in [-0.4, -0.2) is 51.3 Å². The van der Waals surface area contributed by atoms with Crippen LogP contribution in [0.5, 0.6) is 0 Å². The Hall–Kier alpha value is -5.20.